The third kappa shape index (κ3) is 3.53. The number of piperazine rings is 1. The maximum Gasteiger partial charge on any atom is 0.245 e. The largest absolute Gasteiger partial charge is 0.342 e. The average Bonchev–Trinajstić information content (AvgIpc) is 2.65. The predicted octanol–water partition coefficient (Wildman–Crippen LogP) is 3.50. The molecule has 4 rings (SSSR count). The molecule has 1 atom stereocenters. The normalized spacial score (nSPS) is 20.2. The van der Waals surface area contributed by atoms with Gasteiger partial charge in [-0.15, -0.1) is 0 Å². The molecule has 0 bridgehead atoms. The molecule has 5 heteroatoms. The Kier molecular flexibility index (Phi) is 5.16. The third-order valence-corrected chi connectivity index (χ3v) is 6.04. The lowest BCUT2D eigenvalue weighted by atomic mass is 9.83. The molecule has 1 saturated carbocycles. The van der Waals surface area contributed by atoms with Gasteiger partial charge in [0.2, 0.25) is 11.8 Å². The van der Waals surface area contributed by atoms with Crippen LogP contribution in [0.1, 0.15) is 24.8 Å². The predicted molar refractivity (Wildman–Crippen MR) is 106 cm³/mol. The van der Waals surface area contributed by atoms with Crippen LogP contribution in [0.5, 0.6) is 0 Å². The Morgan fingerprint density at radius 3 is 2.46 bits per heavy atom. The molecule has 1 saturated heterocycles. The van der Waals surface area contributed by atoms with E-state index < -0.39 is 6.04 Å². The molecule has 1 aliphatic carbocycles. The van der Waals surface area contributed by atoms with E-state index >= 15 is 0 Å². The number of rotatable bonds is 4. The molecule has 1 aliphatic heterocycles. The molecule has 28 heavy (non-hydrogen) atoms. The van der Waals surface area contributed by atoms with E-state index in [0.29, 0.717) is 19.5 Å². The van der Waals surface area contributed by atoms with Gasteiger partial charge in [-0.2, -0.15) is 0 Å². The fourth-order valence-electron chi connectivity index (χ4n) is 4.08. The highest BCUT2D eigenvalue weighted by atomic mass is 19.1. The standard InChI is InChI=1S/C23H25FN2O2/c1-25-13-14-26(22(27)17-6-4-7-17)21(23(25)28)15-18-5-2-3-8-20(18)16-9-11-19(24)12-10-16/h2-3,5,8-12,17,21H,4,6-7,13-15H2,1H3. The maximum absolute atomic E-state index is 13.3. The van der Waals surface area contributed by atoms with Crippen molar-refractivity contribution >= 4 is 11.8 Å². The second-order valence-electron chi connectivity index (χ2n) is 7.80. The first-order valence-corrected chi connectivity index (χ1v) is 9.94. The molecule has 2 amide bonds. The van der Waals surface area contributed by atoms with Crippen molar-refractivity contribution in [1.29, 1.82) is 0 Å². The zero-order valence-electron chi connectivity index (χ0n) is 16.1. The van der Waals surface area contributed by atoms with Gasteiger partial charge in [-0.25, -0.2) is 4.39 Å². The van der Waals surface area contributed by atoms with Crippen LogP contribution in [0.25, 0.3) is 11.1 Å². The van der Waals surface area contributed by atoms with Crippen molar-refractivity contribution in [2.24, 2.45) is 5.92 Å². The number of hydrogen-bond acceptors (Lipinski definition) is 2. The molecule has 2 aromatic rings. The molecule has 2 fully saturated rings. The first kappa shape index (κ1) is 18.7. The van der Waals surface area contributed by atoms with Gasteiger partial charge >= 0.3 is 0 Å². The topological polar surface area (TPSA) is 40.6 Å². The summed E-state index contributed by atoms with van der Waals surface area (Å²) < 4.78 is 13.3. The van der Waals surface area contributed by atoms with Crippen molar-refractivity contribution in [1.82, 2.24) is 9.80 Å². The smallest absolute Gasteiger partial charge is 0.245 e. The average molecular weight is 380 g/mol. The summed E-state index contributed by atoms with van der Waals surface area (Å²) in [6, 6.07) is 13.8. The van der Waals surface area contributed by atoms with E-state index in [9.17, 15) is 14.0 Å². The lowest BCUT2D eigenvalue weighted by Gasteiger charge is -2.42. The molecule has 0 spiro atoms. The SMILES string of the molecule is CN1CCN(C(=O)C2CCC2)C(Cc2ccccc2-c2ccc(F)cc2)C1=O. The molecular formula is C23H25FN2O2. The van der Waals surface area contributed by atoms with Gasteiger partial charge in [-0.05, 0) is 41.7 Å². The van der Waals surface area contributed by atoms with E-state index in [4.69, 9.17) is 0 Å². The lowest BCUT2D eigenvalue weighted by Crippen LogP contribution is -2.59. The van der Waals surface area contributed by atoms with Crippen LogP contribution in [-0.2, 0) is 16.0 Å². The monoisotopic (exact) mass is 380 g/mol. The van der Waals surface area contributed by atoms with Crippen LogP contribution in [0, 0.1) is 11.7 Å². The summed E-state index contributed by atoms with van der Waals surface area (Å²) in [5, 5.41) is 0. The van der Waals surface area contributed by atoms with Gasteiger partial charge in [0.1, 0.15) is 11.9 Å². The number of carbonyl (C=O) groups excluding carboxylic acids is 2. The van der Waals surface area contributed by atoms with Crippen molar-refractivity contribution in [3.63, 3.8) is 0 Å². The maximum atomic E-state index is 13.3. The van der Waals surface area contributed by atoms with Crippen molar-refractivity contribution in [2.75, 3.05) is 20.1 Å². The lowest BCUT2D eigenvalue weighted by molar-refractivity contribution is -0.154. The molecule has 2 aliphatic rings. The van der Waals surface area contributed by atoms with Crippen molar-refractivity contribution in [3.8, 4) is 11.1 Å². The van der Waals surface area contributed by atoms with Crippen molar-refractivity contribution in [2.45, 2.75) is 31.7 Å². The Bertz CT molecular complexity index is 876. The van der Waals surface area contributed by atoms with E-state index in [1.165, 1.54) is 12.1 Å². The van der Waals surface area contributed by atoms with Crippen LogP contribution in [-0.4, -0.2) is 47.8 Å². The number of benzene rings is 2. The van der Waals surface area contributed by atoms with Gasteiger partial charge in [0.25, 0.3) is 0 Å². The van der Waals surface area contributed by atoms with Gasteiger partial charge in [-0.3, -0.25) is 9.59 Å². The molecule has 0 N–H and O–H groups in total. The molecule has 4 nitrogen and oxygen atoms in total. The van der Waals surface area contributed by atoms with Gasteiger partial charge in [-0.1, -0.05) is 42.8 Å². The number of carbonyl (C=O) groups is 2. The Labute approximate surface area is 164 Å². The zero-order chi connectivity index (χ0) is 19.7. The van der Waals surface area contributed by atoms with E-state index in [1.54, 1.807) is 29.0 Å². The highest BCUT2D eigenvalue weighted by Crippen LogP contribution is 2.31. The summed E-state index contributed by atoms with van der Waals surface area (Å²) in [5.41, 5.74) is 2.87. The molecule has 1 heterocycles. The first-order chi connectivity index (χ1) is 13.5. The third-order valence-electron chi connectivity index (χ3n) is 6.04. The number of halogens is 1. The number of hydrogen-bond donors (Lipinski definition) is 0. The molecule has 0 radical (unpaired) electrons. The van der Waals surface area contributed by atoms with Crippen LogP contribution in [0.2, 0.25) is 0 Å². The first-order valence-electron chi connectivity index (χ1n) is 9.94. The number of likely N-dealkylation sites (N-methyl/N-ethyl adjacent to an activating group) is 1. The van der Waals surface area contributed by atoms with Gasteiger partial charge in [0.15, 0.2) is 0 Å². The van der Waals surface area contributed by atoms with E-state index in [-0.39, 0.29) is 23.5 Å². The van der Waals surface area contributed by atoms with Crippen LogP contribution in [0.4, 0.5) is 4.39 Å². The summed E-state index contributed by atoms with van der Waals surface area (Å²) >= 11 is 0. The van der Waals surface area contributed by atoms with Crippen molar-refractivity contribution in [3.05, 3.63) is 59.9 Å². The summed E-state index contributed by atoms with van der Waals surface area (Å²) in [7, 11) is 1.80. The molecule has 146 valence electrons. The van der Waals surface area contributed by atoms with E-state index in [0.717, 1.165) is 36.0 Å². The molecule has 1 unspecified atom stereocenters. The Morgan fingerprint density at radius 2 is 1.79 bits per heavy atom. The molecular weight excluding hydrogens is 355 g/mol. The quantitative estimate of drug-likeness (QED) is 0.815. The Balaban J connectivity index is 1.64. The van der Waals surface area contributed by atoms with Gasteiger partial charge in [0.05, 0.1) is 0 Å². The number of amides is 2. The van der Waals surface area contributed by atoms with Crippen LogP contribution in [0.15, 0.2) is 48.5 Å². The summed E-state index contributed by atoms with van der Waals surface area (Å²) in [5.74, 6) is -0.0848. The van der Waals surface area contributed by atoms with E-state index in [1.807, 2.05) is 24.3 Å². The Hall–Kier alpha value is -2.69. The summed E-state index contributed by atoms with van der Waals surface area (Å²) in [4.78, 5) is 29.4. The second kappa shape index (κ2) is 7.74. The second-order valence-corrected chi connectivity index (χ2v) is 7.80. The van der Waals surface area contributed by atoms with Crippen LogP contribution >= 0.6 is 0 Å². The fraction of sp³-hybridized carbons (Fsp3) is 0.391. The number of nitrogens with zero attached hydrogens (tertiary/aromatic N) is 2. The van der Waals surface area contributed by atoms with E-state index in [2.05, 4.69) is 0 Å². The van der Waals surface area contributed by atoms with Gasteiger partial charge < -0.3 is 9.80 Å². The highest BCUT2D eigenvalue weighted by Gasteiger charge is 2.40. The minimum atomic E-state index is -0.478. The minimum Gasteiger partial charge on any atom is -0.342 e. The zero-order valence-corrected chi connectivity index (χ0v) is 16.1. The van der Waals surface area contributed by atoms with Gasteiger partial charge in [0, 0.05) is 32.5 Å². The summed E-state index contributed by atoms with van der Waals surface area (Å²) in [6.07, 6.45) is 3.42. The van der Waals surface area contributed by atoms with Crippen LogP contribution < -0.4 is 0 Å². The van der Waals surface area contributed by atoms with Crippen LogP contribution in [0.3, 0.4) is 0 Å². The summed E-state index contributed by atoms with van der Waals surface area (Å²) in [6.45, 7) is 1.16. The highest BCUT2D eigenvalue weighted by molar-refractivity contribution is 5.90. The minimum absolute atomic E-state index is 0.00664. The van der Waals surface area contributed by atoms with Crippen molar-refractivity contribution < 1.29 is 14.0 Å². The Morgan fingerprint density at radius 1 is 1.07 bits per heavy atom. The fourth-order valence-corrected chi connectivity index (χ4v) is 4.08. The molecule has 0 aromatic heterocycles. The molecule has 2 aromatic carbocycles.